The smallest absolute Gasteiger partial charge is 0.140 e. The lowest BCUT2D eigenvalue weighted by atomic mass is 10.1. The number of aliphatic hydroxyl groups excluding tert-OH is 1. The molecule has 2 nitrogen and oxygen atoms in total. The lowest BCUT2D eigenvalue weighted by Gasteiger charge is -2.05. The Bertz CT molecular complexity index is 261. The number of nitrogens with one attached hydrogen (secondary N) is 1. The molecule has 0 aliphatic rings. The van der Waals surface area contributed by atoms with Crippen LogP contribution in [0.15, 0.2) is 24.3 Å². The van der Waals surface area contributed by atoms with Crippen LogP contribution in [0.5, 0.6) is 0 Å². The predicted octanol–water partition coefficient (Wildman–Crippen LogP) is 2.03. The van der Waals surface area contributed by atoms with Crippen LogP contribution in [0.3, 0.4) is 0 Å². The van der Waals surface area contributed by atoms with Crippen LogP contribution < -0.4 is 5.32 Å². The highest BCUT2D eigenvalue weighted by atomic mass is 35.5. The molecule has 0 saturated carbocycles. The van der Waals surface area contributed by atoms with E-state index in [4.69, 9.17) is 28.3 Å². The molecule has 1 aromatic carbocycles. The van der Waals surface area contributed by atoms with Gasteiger partial charge in [-0.3, -0.25) is 0 Å². The van der Waals surface area contributed by atoms with Gasteiger partial charge in [0.1, 0.15) is 5.56 Å². The normalized spacial score (nSPS) is 12.8. The molecule has 0 spiro atoms. The van der Waals surface area contributed by atoms with Gasteiger partial charge in [0.2, 0.25) is 0 Å². The summed E-state index contributed by atoms with van der Waals surface area (Å²) < 4.78 is 0. The van der Waals surface area contributed by atoms with Crippen LogP contribution >= 0.6 is 23.2 Å². The first-order chi connectivity index (χ1) is 6.68. The molecule has 0 aromatic heterocycles. The molecule has 0 fully saturated rings. The first kappa shape index (κ1) is 11.8. The lowest BCUT2D eigenvalue weighted by molar-refractivity contribution is 0.251. The summed E-state index contributed by atoms with van der Waals surface area (Å²) in [5.74, 6) is 0. The largest absolute Gasteiger partial charge is 0.376 e. The lowest BCUT2D eigenvalue weighted by Crippen LogP contribution is -2.24. The van der Waals surface area contributed by atoms with E-state index in [2.05, 4.69) is 5.32 Å². The number of rotatable bonds is 5. The van der Waals surface area contributed by atoms with Gasteiger partial charge in [0, 0.05) is 11.6 Å². The van der Waals surface area contributed by atoms with Gasteiger partial charge in [0.15, 0.2) is 0 Å². The van der Waals surface area contributed by atoms with Crippen molar-refractivity contribution in [2.45, 2.75) is 12.0 Å². The van der Waals surface area contributed by atoms with Gasteiger partial charge in [-0.15, -0.1) is 0 Å². The molecule has 0 amide bonds. The zero-order valence-electron chi connectivity index (χ0n) is 7.71. The van der Waals surface area contributed by atoms with Gasteiger partial charge in [-0.25, -0.2) is 0 Å². The average Bonchev–Trinajstić information content (AvgIpc) is 2.15. The highest BCUT2D eigenvalue weighted by molar-refractivity contribution is 6.30. The molecule has 78 valence electrons. The van der Waals surface area contributed by atoms with E-state index in [0.717, 1.165) is 18.0 Å². The third kappa shape index (κ3) is 4.82. The highest BCUT2D eigenvalue weighted by Gasteiger charge is 1.97. The summed E-state index contributed by atoms with van der Waals surface area (Å²) in [6.07, 6.45) is 0.904. The van der Waals surface area contributed by atoms with Crippen LogP contribution in [0.1, 0.15) is 5.56 Å². The van der Waals surface area contributed by atoms with E-state index in [1.165, 1.54) is 5.56 Å². The van der Waals surface area contributed by atoms with Gasteiger partial charge < -0.3 is 10.4 Å². The minimum absolute atomic E-state index is 0.412. The van der Waals surface area contributed by atoms with E-state index >= 15 is 0 Å². The van der Waals surface area contributed by atoms with Crippen LogP contribution in [0.2, 0.25) is 5.02 Å². The van der Waals surface area contributed by atoms with Crippen molar-refractivity contribution in [2.75, 3.05) is 13.1 Å². The van der Waals surface area contributed by atoms with E-state index in [9.17, 15) is 0 Å². The van der Waals surface area contributed by atoms with Crippen LogP contribution in [-0.2, 0) is 6.42 Å². The zero-order valence-corrected chi connectivity index (χ0v) is 9.22. The summed E-state index contributed by atoms with van der Waals surface area (Å²) in [5.41, 5.74) is 0.409. The van der Waals surface area contributed by atoms with Crippen molar-refractivity contribution >= 4 is 23.2 Å². The summed E-state index contributed by atoms with van der Waals surface area (Å²) in [4.78, 5) is 0. The fraction of sp³-hybridized carbons (Fsp3) is 0.400. The van der Waals surface area contributed by atoms with Crippen LogP contribution in [0.25, 0.3) is 0 Å². The van der Waals surface area contributed by atoms with Crippen LogP contribution in [-0.4, -0.2) is 23.8 Å². The number of hydrogen-bond donors (Lipinski definition) is 2. The Labute approximate surface area is 93.8 Å². The molecule has 1 rings (SSSR count). The van der Waals surface area contributed by atoms with E-state index in [0.29, 0.717) is 6.54 Å². The standard InChI is InChI=1S/C10H13Cl2NO/c11-9-3-1-8(2-4-9)5-6-13-7-10(12)14/h1-4,10,13-14H,5-7H2. The number of aliphatic hydroxyl groups is 1. The molecule has 0 aliphatic heterocycles. The Morgan fingerprint density at radius 3 is 2.50 bits per heavy atom. The van der Waals surface area contributed by atoms with Crippen molar-refractivity contribution in [3.8, 4) is 0 Å². The van der Waals surface area contributed by atoms with Gasteiger partial charge >= 0.3 is 0 Å². The van der Waals surface area contributed by atoms with E-state index in [-0.39, 0.29) is 0 Å². The molecule has 0 saturated heterocycles. The molecule has 1 unspecified atom stereocenters. The summed E-state index contributed by atoms with van der Waals surface area (Å²) in [5, 5.41) is 12.6. The Balaban J connectivity index is 2.21. The third-order valence-corrected chi connectivity index (χ3v) is 2.22. The first-order valence-electron chi connectivity index (χ1n) is 4.46. The van der Waals surface area contributed by atoms with Gasteiger partial charge in [-0.1, -0.05) is 35.3 Å². The van der Waals surface area contributed by atoms with Crippen LogP contribution in [0.4, 0.5) is 0 Å². The summed E-state index contributed by atoms with van der Waals surface area (Å²) >= 11 is 11.1. The topological polar surface area (TPSA) is 32.3 Å². The third-order valence-electron chi connectivity index (χ3n) is 1.82. The van der Waals surface area contributed by atoms with Gasteiger partial charge in [-0.05, 0) is 30.7 Å². The second kappa shape index (κ2) is 6.25. The minimum Gasteiger partial charge on any atom is -0.376 e. The molecule has 0 aliphatic carbocycles. The molecule has 2 N–H and O–H groups in total. The summed E-state index contributed by atoms with van der Waals surface area (Å²) in [6, 6.07) is 7.71. The zero-order chi connectivity index (χ0) is 10.4. The quantitative estimate of drug-likeness (QED) is 0.603. The van der Waals surface area contributed by atoms with Crippen LogP contribution in [0, 0.1) is 0 Å². The number of alkyl halides is 1. The van der Waals surface area contributed by atoms with E-state index in [1.54, 1.807) is 0 Å². The van der Waals surface area contributed by atoms with Crippen molar-refractivity contribution in [3.63, 3.8) is 0 Å². The molecule has 0 heterocycles. The molecule has 1 atom stereocenters. The molecule has 0 radical (unpaired) electrons. The number of halogens is 2. The summed E-state index contributed by atoms with van der Waals surface area (Å²) in [7, 11) is 0. The maximum atomic E-state index is 8.77. The Kier molecular flexibility index (Phi) is 5.26. The average molecular weight is 234 g/mol. The van der Waals surface area contributed by atoms with Crippen molar-refractivity contribution in [2.24, 2.45) is 0 Å². The van der Waals surface area contributed by atoms with Crippen molar-refractivity contribution in [1.82, 2.24) is 5.32 Å². The Morgan fingerprint density at radius 2 is 1.93 bits per heavy atom. The monoisotopic (exact) mass is 233 g/mol. The molecular weight excluding hydrogens is 221 g/mol. The maximum absolute atomic E-state index is 8.77. The van der Waals surface area contributed by atoms with Gasteiger partial charge in [-0.2, -0.15) is 0 Å². The van der Waals surface area contributed by atoms with E-state index < -0.39 is 5.56 Å². The SMILES string of the molecule is OC(Cl)CNCCc1ccc(Cl)cc1. The molecule has 4 heteroatoms. The first-order valence-corrected chi connectivity index (χ1v) is 5.27. The fourth-order valence-corrected chi connectivity index (χ4v) is 1.34. The maximum Gasteiger partial charge on any atom is 0.140 e. The number of benzene rings is 1. The highest BCUT2D eigenvalue weighted by Crippen LogP contribution is 2.09. The Hall–Kier alpha value is -0.280. The van der Waals surface area contributed by atoms with Gasteiger partial charge in [0.25, 0.3) is 0 Å². The minimum atomic E-state index is -0.805. The molecule has 1 aromatic rings. The molecule has 14 heavy (non-hydrogen) atoms. The molecule has 0 bridgehead atoms. The second-order valence-corrected chi connectivity index (χ2v) is 3.96. The van der Waals surface area contributed by atoms with E-state index in [1.807, 2.05) is 24.3 Å². The van der Waals surface area contributed by atoms with Crippen molar-refractivity contribution < 1.29 is 5.11 Å². The van der Waals surface area contributed by atoms with Crippen molar-refractivity contribution in [3.05, 3.63) is 34.9 Å². The number of hydrogen-bond acceptors (Lipinski definition) is 2. The van der Waals surface area contributed by atoms with Gasteiger partial charge in [0.05, 0.1) is 0 Å². The fourth-order valence-electron chi connectivity index (χ4n) is 1.10. The predicted molar refractivity (Wildman–Crippen MR) is 59.9 cm³/mol. The second-order valence-electron chi connectivity index (χ2n) is 3.02. The Morgan fingerprint density at radius 1 is 1.29 bits per heavy atom. The summed E-state index contributed by atoms with van der Waals surface area (Å²) in [6.45, 7) is 1.21. The van der Waals surface area contributed by atoms with Crippen molar-refractivity contribution in [1.29, 1.82) is 0 Å². The molecular formula is C10H13Cl2NO.